The van der Waals surface area contributed by atoms with Gasteiger partial charge in [0.2, 0.25) is 0 Å². The van der Waals surface area contributed by atoms with E-state index in [1.54, 1.807) is 0 Å². The molecule has 0 spiro atoms. The van der Waals surface area contributed by atoms with E-state index in [0.717, 1.165) is 45.2 Å². The van der Waals surface area contributed by atoms with E-state index in [1.165, 1.54) is 13.0 Å². The van der Waals surface area contributed by atoms with Crippen LogP contribution in [0.2, 0.25) is 0 Å². The molecule has 0 aromatic carbocycles. The lowest BCUT2D eigenvalue weighted by atomic mass is 10.1. The number of ether oxygens (including phenoxy) is 2. The van der Waals surface area contributed by atoms with Crippen molar-refractivity contribution in [2.75, 3.05) is 39.5 Å². The topological polar surface area (TPSA) is 21.7 Å². The van der Waals surface area contributed by atoms with Crippen LogP contribution < -0.4 is 0 Å². The lowest BCUT2D eigenvalue weighted by Crippen LogP contribution is -2.44. The van der Waals surface area contributed by atoms with Crippen molar-refractivity contribution in [1.82, 2.24) is 4.90 Å². The number of nitrogens with zero attached hydrogens (tertiary/aromatic N) is 1. The third kappa shape index (κ3) is 8.90. The zero-order chi connectivity index (χ0) is 13.8. The Morgan fingerprint density at radius 1 is 1.33 bits per heavy atom. The van der Waals surface area contributed by atoms with Crippen LogP contribution in [0.15, 0.2) is 0 Å². The molecular weight excluding hydrogens is 226 g/mol. The Morgan fingerprint density at radius 2 is 2.06 bits per heavy atom. The molecular formula is C15H33NO2. The minimum absolute atomic E-state index is 0.285. The summed E-state index contributed by atoms with van der Waals surface area (Å²) in [6.45, 7) is 16.5. The highest BCUT2D eigenvalue weighted by Gasteiger charge is 2.19. The zero-order valence-electron chi connectivity index (χ0n) is 13.1. The van der Waals surface area contributed by atoms with E-state index in [1.807, 2.05) is 13.8 Å². The Balaban J connectivity index is 0.00000137. The van der Waals surface area contributed by atoms with Gasteiger partial charge in [-0.2, -0.15) is 0 Å². The monoisotopic (exact) mass is 259 g/mol. The molecule has 1 rings (SSSR count). The van der Waals surface area contributed by atoms with E-state index >= 15 is 0 Å². The lowest BCUT2D eigenvalue weighted by molar-refractivity contribution is -0.0698. The van der Waals surface area contributed by atoms with Crippen molar-refractivity contribution >= 4 is 0 Å². The molecule has 0 aromatic heterocycles. The van der Waals surface area contributed by atoms with Crippen LogP contribution in [-0.2, 0) is 9.47 Å². The molecule has 0 radical (unpaired) electrons. The maximum absolute atomic E-state index is 5.69. The number of hydrogen-bond acceptors (Lipinski definition) is 3. The van der Waals surface area contributed by atoms with Gasteiger partial charge >= 0.3 is 0 Å². The van der Waals surface area contributed by atoms with Crippen LogP contribution in [0.1, 0.15) is 47.5 Å². The Kier molecular flexibility index (Phi) is 11.9. The normalized spacial score (nSPS) is 20.7. The summed E-state index contributed by atoms with van der Waals surface area (Å²) in [4.78, 5) is 2.47. The molecule has 3 nitrogen and oxygen atoms in total. The fraction of sp³-hybridized carbons (Fsp3) is 1.00. The molecule has 0 N–H and O–H groups in total. The smallest absolute Gasteiger partial charge is 0.0935 e. The SMILES string of the molecule is CC.CCCN1CCOC(COCCC(C)C)C1. The van der Waals surface area contributed by atoms with Crippen LogP contribution in [0, 0.1) is 5.92 Å². The van der Waals surface area contributed by atoms with Crippen LogP contribution in [0.3, 0.4) is 0 Å². The first kappa shape index (κ1) is 17.9. The van der Waals surface area contributed by atoms with E-state index < -0.39 is 0 Å². The van der Waals surface area contributed by atoms with Gasteiger partial charge in [-0.3, -0.25) is 4.90 Å². The number of morpholine rings is 1. The fourth-order valence-electron chi connectivity index (χ4n) is 1.93. The molecule has 1 atom stereocenters. The highest BCUT2D eigenvalue weighted by Crippen LogP contribution is 2.07. The van der Waals surface area contributed by atoms with Gasteiger partial charge in [0.1, 0.15) is 0 Å². The second-order valence-corrected chi connectivity index (χ2v) is 5.05. The molecule has 1 aliphatic rings. The molecule has 1 saturated heterocycles. The summed E-state index contributed by atoms with van der Waals surface area (Å²) < 4.78 is 11.4. The minimum atomic E-state index is 0.285. The van der Waals surface area contributed by atoms with Gasteiger partial charge in [-0.25, -0.2) is 0 Å². The van der Waals surface area contributed by atoms with Gasteiger partial charge in [0.15, 0.2) is 0 Å². The van der Waals surface area contributed by atoms with Gasteiger partial charge in [0, 0.05) is 19.7 Å². The summed E-state index contributed by atoms with van der Waals surface area (Å²) >= 11 is 0. The van der Waals surface area contributed by atoms with Crippen molar-refractivity contribution in [2.45, 2.75) is 53.6 Å². The fourth-order valence-corrected chi connectivity index (χ4v) is 1.93. The highest BCUT2D eigenvalue weighted by molar-refractivity contribution is 4.70. The Hall–Kier alpha value is -0.120. The average Bonchev–Trinajstić information content (AvgIpc) is 2.38. The van der Waals surface area contributed by atoms with E-state index in [-0.39, 0.29) is 6.10 Å². The second-order valence-electron chi connectivity index (χ2n) is 5.05. The quantitative estimate of drug-likeness (QED) is 0.655. The predicted molar refractivity (Wildman–Crippen MR) is 78.1 cm³/mol. The zero-order valence-corrected chi connectivity index (χ0v) is 13.1. The molecule has 1 unspecified atom stereocenters. The maximum Gasteiger partial charge on any atom is 0.0935 e. The molecule has 0 saturated carbocycles. The number of hydrogen-bond donors (Lipinski definition) is 0. The molecule has 3 heteroatoms. The van der Waals surface area contributed by atoms with Crippen molar-refractivity contribution in [2.24, 2.45) is 5.92 Å². The maximum atomic E-state index is 5.69. The lowest BCUT2D eigenvalue weighted by Gasteiger charge is -2.32. The summed E-state index contributed by atoms with van der Waals surface area (Å²) in [5.41, 5.74) is 0. The van der Waals surface area contributed by atoms with Gasteiger partial charge in [-0.05, 0) is 25.3 Å². The molecule has 0 aliphatic carbocycles. The molecule has 0 aromatic rings. The van der Waals surface area contributed by atoms with Crippen molar-refractivity contribution in [3.63, 3.8) is 0 Å². The van der Waals surface area contributed by atoms with Gasteiger partial charge in [-0.15, -0.1) is 0 Å². The largest absolute Gasteiger partial charge is 0.379 e. The molecule has 0 bridgehead atoms. The van der Waals surface area contributed by atoms with Gasteiger partial charge < -0.3 is 9.47 Å². The van der Waals surface area contributed by atoms with Crippen LogP contribution in [-0.4, -0.2) is 50.5 Å². The molecule has 0 amide bonds. The summed E-state index contributed by atoms with van der Waals surface area (Å²) in [5.74, 6) is 0.726. The molecule has 110 valence electrons. The third-order valence-corrected chi connectivity index (χ3v) is 2.91. The van der Waals surface area contributed by atoms with Crippen LogP contribution in [0.4, 0.5) is 0 Å². The Morgan fingerprint density at radius 3 is 2.67 bits per heavy atom. The van der Waals surface area contributed by atoms with Crippen LogP contribution in [0.5, 0.6) is 0 Å². The minimum Gasteiger partial charge on any atom is -0.379 e. The standard InChI is InChI=1S/C13H27NO2.C2H6/c1-4-6-14-7-9-16-13(10-14)11-15-8-5-12(2)3;1-2/h12-13H,4-11H2,1-3H3;1-2H3. The second kappa shape index (κ2) is 11.9. The third-order valence-electron chi connectivity index (χ3n) is 2.91. The van der Waals surface area contributed by atoms with Gasteiger partial charge in [-0.1, -0.05) is 34.6 Å². The highest BCUT2D eigenvalue weighted by atomic mass is 16.5. The first-order valence-electron chi connectivity index (χ1n) is 7.64. The van der Waals surface area contributed by atoms with Crippen molar-refractivity contribution < 1.29 is 9.47 Å². The summed E-state index contributed by atoms with van der Waals surface area (Å²) in [6, 6.07) is 0. The summed E-state index contributed by atoms with van der Waals surface area (Å²) in [7, 11) is 0. The molecule has 18 heavy (non-hydrogen) atoms. The van der Waals surface area contributed by atoms with Crippen molar-refractivity contribution in [3.8, 4) is 0 Å². The van der Waals surface area contributed by atoms with Gasteiger partial charge in [0.05, 0.1) is 19.3 Å². The first-order valence-corrected chi connectivity index (χ1v) is 7.64. The van der Waals surface area contributed by atoms with E-state index in [9.17, 15) is 0 Å². The van der Waals surface area contributed by atoms with E-state index in [2.05, 4.69) is 25.7 Å². The Bertz CT molecular complexity index is 172. The van der Waals surface area contributed by atoms with Crippen LogP contribution >= 0.6 is 0 Å². The van der Waals surface area contributed by atoms with E-state index in [0.29, 0.717) is 0 Å². The Labute approximate surface area is 114 Å². The summed E-state index contributed by atoms with van der Waals surface area (Å²) in [5, 5.41) is 0. The van der Waals surface area contributed by atoms with Crippen molar-refractivity contribution in [1.29, 1.82) is 0 Å². The van der Waals surface area contributed by atoms with E-state index in [4.69, 9.17) is 9.47 Å². The molecule has 1 aliphatic heterocycles. The average molecular weight is 259 g/mol. The molecule has 1 fully saturated rings. The summed E-state index contributed by atoms with van der Waals surface area (Å²) in [6.07, 6.45) is 2.65. The molecule has 1 heterocycles. The van der Waals surface area contributed by atoms with Crippen molar-refractivity contribution in [3.05, 3.63) is 0 Å². The predicted octanol–water partition coefficient (Wildman–Crippen LogP) is 3.19. The first-order chi connectivity index (χ1) is 8.72. The number of rotatable bonds is 7. The van der Waals surface area contributed by atoms with Crippen LogP contribution in [0.25, 0.3) is 0 Å². The van der Waals surface area contributed by atoms with Gasteiger partial charge in [0.25, 0.3) is 0 Å².